The largest absolute Gasteiger partial charge is 0.310 e. The normalized spacial score (nSPS) is 11.9. The zero-order valence-electron chi connectivity index (χ0n) is 33.6. The highest BCUT2D eigenvalue weighted by molar-refractivity contribution is 6.15. The van der Waals surface area contributed by atoms with Crippen molar-refractivity contribution in [1.29, 1.82) is 0 Å². The maximum absolute atomic E-state index is 4.93. The van der Waals surface area contributed by atoms with E-state index in [9.17, 15) is 0 Å². The van der Waals surface area contributed by atoms with E-state index in [2.05, 4.69) is 168 Å². The number of aromatic nitrogens is 5. The van der Waals surface area contributed by atoms with Crippen molar-refractivity contribution in [3.05, 3.63) is 211 Å². The van der Waals surface area contributed by atoms with Crippen LogP contribution in [0.1, 0.15) is 6.92 Å². The molecule has 0 radical (unpaired) electrons. The van der Waals surface area contributed by atoms with Crippen LogP contribution in [0.15, 0.2) is 200 Å². The summed E-state index contributed by atoms with van der Waals surface area (Å²) in [5.74, 6) is 1.93. The molecule has 0 saturated carbocycles. The van der Waals surface area contributed by atoms with E-state index >= 15 is 0 Å². The Morgan fingerprint density at radius 1 is 0.393 bits per heavy atom. The Bertz CT molecular complexity index is 3460. The Balaban J connectivity index is 0.944. The van der Waals surface area contributed by atoms with E-state index in [1.54, 1.807) is 0 Å². The lowest BCUT2D eigenvalue weighted by Gasteiger charge is -2.11. The molecule has 0 aliphatic rings. The lowest BCUT2D eigenvalue weighted by Crippen LogP contribution is -2.26. The van der Waals surface area contributed by atoms with Crippen molar-refractivity contribution in [1.82, 2.24) is 24.1 Å². The lowest BCUT2D eigenvalue weighted by atomic mass is 9.99. The fourth-order valence-corrected chi connectivity index (χ4v) is 8.79. The van der Waals surface area contributed by atoms with Crippen LogP contribution in [0.25, 0.3) is 113 Å². The predicted molar refractivity (Wildman–Crippen MR) is 253 cm³/mol. The van der Waals surface area contributed by atoms with Crippen LogP contribution in [-0.2, 0) is 0 Å². The first kappa shape index (κ1) is 36.0. The molecule has 0 aliphatic carbocycles. The maximum atomic E-state index is 4.93. The van der Waals surface area contributed by atoms with E-state index < -0.39 is 0 Å². The molecule has 0 fully saturated rings. The van der Waals surface area contributed by atoms with Crippen LogP contribution in [0.2, 0.25) is 0 Å². The van der Waals surface area contributed by atoms with Crippen molar-refractivity contribution in [2.45, 2.75) is 6.92 Å². The number of benzene rings is 8. The van der Waals surface area contributed by atoms with Crippen LogP contribution in [0, 0.1) is 0 Å². The molecule has 3 heterocycles. The summed E-state index contributed by atoms with van der Waals surface area (Å²) in [5, 5.41) is 5.71. The SMILES string of the molecule is C=c1/c(=C\C)n(-c2ccc(-c3cccc4c3c3ccccc3n4-c3ccccc3)cc2)c2ccc(-c3ccc(-c4nc(-c5ccccc5)nc(-c5ccccc5)n4)cc3)cc12. The Morgan fingerprint density at radius 2 is 0.885 bits per heavy atom. The zero-order valence-corrected chi connectivity index (χ0v) is 33.6. The van der Waals surface area contributed by atoms with E-state index in [-0.39, 0.29) is 0 Å². The molecule has 0 atom stereocenters. The van der Waals surface area contributed by atoms with Crippen LogP contribution in [0.3, 0.4) is 0 Å². The minimum atomic E-state index is 0.636. The number of nitrogens with zero attached hydrogens (tertiary/aromatic N) is 5. The Kier molecular flexibility index (Phi) is 8.79. The van der Waals surface area contributed by atoms with E-state index in [0.29, 0.717) is 17.5 Å². The molecule has 0 aliphatic heterocycles. The lowest BCUT2D eigenvalue weighted by molar-refractivity contribution is 1.07. The first-order chi connectivity index (χ1) is 30.1. The molecular formula is C56H39N5. The van der Waals surface area contributed by atoms with Gasteiger partial charge in [-0.2, -0.15) is 0 Å². The molecule has 3 aromatic heterocycles. The number of para-hydroxylation sites is 2. The van der Waals surface area contributed by atoms with E-state index in [1.165, 1.54) is 32.9 Å². The summed E-state index contributed by atoms with van der Waals surface area (Å²) in [5.41, 5.74) is 13.2. The van der Waals surface area contributed by atoms with Gasteiger partial charge in [-0.1, -0.05) is 164 Å². The second kappa shape index (κ2) is 14.9. The molecule has 8 aromatic carbocycles. The molecule has 288 valence electrons. The fraction of sp³-hybridized carbons (Fsp3) is 0.0179. The van der Waals surface area contributed by atoms with Gasteiger partial charge in [0, 0.05) is 54.8 Å². The number of hydrogen-bond donors (Lipinski definition) is 0. The Hall–Kier alpha value is -8.15. The van der Waals surface area contributed by atoms with Crippen molar-refractivity contribution in [2.24, 2.45) is 0 Å². The second-order valence-corrected chi connectivity index (χ2v) is 15.3. The van der Waals surface area contributed by atoms with Crippen molar-refractivity contribution in [2.75, 3.05) is 0 Å². The van der Waals surface area contributed by atoms with Crippen LogP contribution in [0.4, 0.5) is 0 Å². The summed E-state index contributed by atoms with van der Waals surface area (Å²) >= 11 is 0. The van der Waals surface area contributed by atoms with Gasteiger partial charge in [-0.3, -0.25) is 0 Å². The van der Waals surface area contributed by atoms with Gasteiger partial charge >= 0.3 is 0 Å². The van der Waals surface area contributed by atoms with Gasteiger partial charge in [-0.15, -0.1) is 0 Å². The molecule has 0 unspecified atom stereocenters. The fourth-order valence-electron chi connectivity index (χ4n) is 8.79. The maximum Gasteiger partial charge on any atom is 0.164 e. The molecule has 11 aromatic rings. The number of hydrogen-bond acceptors (Lipinski definition) is 3. The molecule has 0 saturated heterocycles. The minimum absolute atomic E-state index is 0.636. The molecule has 0 bridgehead atoms. The monoisotopic (exact) mass is 781 g/mol. The smallest absolute Gasteiger partial charge is 0.164 e. The number of fused-ring (bicyclic) bond motifs is 4. The third-order valence-corrected chi connectivity index (χ3v) is 11.7. The predicted octanol–water partition coefficient (Wildman–Crippen LogP) is 12.5. The second-order valence-electron chi connectivity index (χ2n) is 15.3. The Labute approximate surface area is 353 Å². The average Bonchev–Trinajstić information content (AvgIpc) is 3.83. The molecule has 11 rings (SSSR count). The van der Waals surface area contributed by atoms with Crippen LogP contribution < -0.4 is 10.6 Å². The van der Waals surface area contributed by atoms with Gasteiger partial charge in [0.2, 0.25) is 0 Å². The van der Waals surface area contributed by atoms with E-state index in [0.717, 1.165) is 60.7 Å². The molecule has 5 heteroatoms. The average molecular weight is 782 g/mol. The van der Waals surface area contributed by atoms with Gasteiger partial charge in [0.25, 0.3) is 0 Å². The molecular weight excluding hydrogens is 743 g/mol. The quantitative estimate of drug-likeness (QED) is 0.162. The van der Waals surface area contributed by atoms with E-state index in [4.69, 9.17) is 15.0 Å². The molecule has 61 heavy (non-hydrogen) atoms. The molecule has 0 spiro atoms. The highest BCUT2D eigenvalue weighted by Gasteiger charge is 2.17. The Morgan fingerprint density at radius 3 is 1.52 bits per heavy atom. The summed E-state index contributed by atoms with van der Waals surface area (Å²) in [6, 6.07) is 70.2. The number of rotatable bonds is 7. The summed E-state index contributed by atoms with van der Waals surface area (Å²) in [7, 11) is 0. The summed E-state index contributed by atoms with van der Waals surface area (Å²) < 4.78 is 4.69. The van der Waals surface area contributed by atoms with Crippen molar-refractivity contribution in [3.8, 4) is 67.8 Å². The first-order valence-electron chi connectivity index (χ1n) is 20.6. The summed E-state index contributed by atoms with van der Waals surface area (Å²) in [6.45, 7) is 6.69. The zero-order chi connectivity index (χ0) is 40.9. The third-order valence-electron chi connectivity index (χ3n) is 11.7. The van der Waals surface area contributed by atoms with E-state index in [1.807, 2.05) is 60.7 Å². The molecule has 0 N–H and O–H groups in total. The topological polar surface area (TPSA) is 48.5 Å². The first-order valence-corrected chi connectivity index (χ1v) is 20.6. The van der Waals surface area contributed by atoms with Gasteiger partial charge in [-0.05, 0) is 77.7 Å². The van der Waals surface area contributed by atoms with Gasteiger partial charge in [-0.25, -0.2) is 15.0 Å². The van der Waals surface area contributed by atoms with Crippen molar-refractivity contribution >= 4 is 45.4 Å². The van der Waals surface area contributed by atoms with Gasteiger partial charge in [0.15, 0.2) is 17.5 Å². The summed E-state index contributed by atoms with van der Waals surface area (Å²) in [4.78, 5) is 14.7. The highest BCUT2D eigenvalue weighted by Crippen LogP contribution is 2.39. The van der Waals surface area contributed by atoms with Crippen LogP contribution >= 0.6 is 0 Å². The van der Waals surface area contributed by atoms with Crippen LogP contribution in [0.5, 0.6) is 0 Å². The summed E-state index contributed by atoms with van der Waals surface area (Å²) in [6.07, 6.45) is 2.16. The van der Waals surface area contributed by atoms with Crippen molar-refractivity contribution in [3.63, 3.8) is 0 Å². The molecule has 0 amide bonds. The van der Waals surface area contributed by atoms with Gasteiger partial charge in [0.1, 0.15) is 0 Å². The van der Waals surface area contributed by atoms with Crippen molar-refractivity contribution < 1.29 is 0 Å². The van der Waals surface area contributed by atoms with Gasteiger partial charge in [0.05, 0.1) is 16.6 Å². The van der Waals surface area contributed by atoms with Gasteiger partial charge < -0.3 is 9.13 Å². The third kappa shape index (κ3) is 6.23. The molecule has 5 nitrogen and oxygen atoms in total. The highest BCUT2D eigenvalue weighted by atomic mass is 15.0. The standard InChI is InChI=1S/C56H39N5/c1-3-49-37(2)48-36-43(38-26-28-42(29-27-38)56-58-54(40-16-7-4-8-17-40)57-55(59-56)41-18-9-5-10-19-41)32-35-51(48)60(49)45-33-30-39(31-34-45)46-23-15-25-52-53(46)47-22-13-14-24-50(47)61(52)44-20-11-6-12-21-44/h3-36H,2H2,1H3/b49-3+. The minimum Gasteiger partial charge on any atom is -0.310 e. The van der Waals surface area contributed by atoms with Crippen LogP contribution in [-0.4, -0.2) is 24.1 Å².